The molecule has 1 heterocycles. The molecule has 0 unspecified atom stereocenters. The van der Waals surface area contributed by atoms with E-state index in [1.54, 1.807) is 0 Å². The van der Waals surface area contributed by atoms with Crippen molar-refractivity contribution in [1.82, 2.24) is 15.5 Å². The molecule has 1 saturated heterocycles. The van der Waals surface area contributed by atoms with Crippen molar-refractivity contribution in [2.75, 3.05) is 39.3 Å². The summed E-state index contributed by atoms with van der Waals surface area (Å²) >= 11 is 3.45. The van der Waals surface area contributed by atoms with E-state index in [1.807, 2.05) is 25.1 Å². The highest BCUT2D eigenvalue weighted by Crippen LogP contribution is 2.19. The Morgan fingerprint density at radius 2 is 2.10 bits per heavy atom. The third-order valence-corrected chi connectivity index (χ3v) is 4.29. The molecule has 1 aromatic carbocycles. The van der Waals surface area contributed by atoms with E-state index in [9.17, 15) is 4.79 Å². The van der Waals surface area contributed by atoms with Gasteiger partial charge in [0.25, 0.3) is 5.91 Å². The van der Waals surface area contributed by atoms with E-state index in [1.165, 1.54) is 0 Å². The Balaban J connectivity index is 0.00000200. The van der Waals surface area contributed by atoms with Gasteiger partial charge in [0.05, 0.1) is 0 Å². The number of carbonyl (C=O) groups excluding carboxylic acids is 1. The van der Waals surface area contributed by atoms with Crippen LogP contribution in [-0.4, -0.2) is 50.1 Å². The topological polar surface area (TPSA) is 44.4 Å². The molecule has 20 heavy (non-hydrogen) atoms. The van der Waals surface area contributed by atoms with E-state index in [-0.39, 0.29) is 18.3 Å². The average Bonchev–Trinajstić information content (AvgIpc) is 2.43. The lowest BCUT2D eigenvalue weighted by Crippen LogP contribution is -2.46. The molecule has 1 aliphatic rings. The minimum Gasteiger partial charge on any atom is -0.351 e. The Morgan fingerprint density at radius 3 is 2.80 bits per heavy atom. The molecule has 1 aromatic rings. The van der Waals surface area contributed by atoms with E-state index >= 15 is 0 Å². The van der Waals surface area contributed by atoms with Gasteiger partial charge in [-0.25, -0.2) is 0 Å². The van der Waals surface area contributed by atoms with Crippen LogP contribution in [0.15, 0.2) is 22.7 Å². The number of halogens is 2. The summed E-state index contributed by atoms with van der Waals surface area (Å²) in [6, 6.07) is 5.70. The quantitative estimate of drug-likeness (QED) is 0.859. The van der Waals surface area contributed by atoms with Crippen LogP contribution in [0.25, 0.3) is 0 Å². The van der Waals surface area contributed by atoms with Crippen molar-refractivity contribution in [2.45, 2.75) is 6.92 Å². The normalized spacial score (nSPS) is 15.5. The van der Waals surface area contributed by atoms with Crippen LogP contribution in [0, 0.1) is 6.92 Å². The first-order chi connectivity index (χ1) is 9.18. The van der Waals surface area contributed by atoms with Crippen molar-refractivity contribution in [1.29, 1.82) is 0 Å². The smallest absolute Gasteiger partial charge is 0.251 e. The van der Waals surface area contributed by atoms with E-state index in [2.05, 4.69) is 31.5 Å². The van der Waals surface area contributed by atoms with Gasteiger partial charge in [-0.2, -0.15) is 0 Å². The number of nitrogens with zero attached hydrogens (tertiary/aromatic N) is 1. The highest BCUT2D eigenvalue weighted by molar-refractivity contribution is 9.10. The van der Waals surface area contributed by atoms with Crippen molar-refractivity contribution in [3.05, 3.63) is 33.8 Å². The van der Waals surface area contributed by atoms with Crippen LogP contribution in [0.5, 0.6) is 0 Å². The summed E-state index contributed by atoms with van der Waals surface area (Å²) in [5.41, 5.74) is 1.73. The maximum absolute atomic E-state index is 12.1. The molecule has 1 amide bonds. The van der Waals surface area contributed by atoms with Gasteiger partial charge in [0.2, 0.25) is 0 Å². The third-order valence-electron chi connectivity index (χ3n) is 3.44. The molecule has 0 saturated carbocycles. The van der Waals surface area contributed by atoms with Crippen molar-refractivity contribution in [2.24, 2.45) is 0 Å². The SMILES string of the molecule is Cc1c(Br)cccc1C(=O)NCCN1CCNCC1.Cl. The zero-order valence-electron chi connectivity index (χ0n) is 11.6. The highest BCUT2D eigenvalue weighted by atomic mass is 79.9. The lowest BCUT2D eigenvalue weighted by atomic mass is 10.1. The monoisotopic (exact) mass is 361 g/mol. The summed E-state index contributed by atoms with van der Waals surface area (Å²) in [5.74, 6) is 0.00827. The average molecular weight is 363 g/mol. The molecule has 0 radical (unpaired) electrons. The number of amides is 1. The first-order valence-corrected chi connectivity index (χ1v) is 7.44. The fraction of sp³-hybridized carbons (Fsp3) is 0.500. The minimum absolute atomic E-state index is 0. The number of hydrogen-bond donors (Lipinski definition) is 2. The van der Waals surface area contributed by atoms with Crippen LogP contribution in [0.4, 0.5) is 0 Å². The predicted octanol–water partition coefficient (Wildman–Crippen LogP) is 1.81. The standard InChI is InChI=1S/C14H20BrN3O.ClH/c1-11-12(3-2-4-13(11)15)14(19)17-7-10-18-8-5-16-6-9-18;/h2-4,16H,5-10H2,1H3,(H,17,19);1H. The Kier molecular flexibility index (Phi) is 7.51. The third kappa shape index (κ3) is 4.74. The summed E-state index contributed by atoms with van der Waals surface area (Å²) < 4.78 is 0.974. The zero-order chi connectivity index (χ0) is 13.7. The molecule has 0 aromatic heterocycles. The predicted molar refractivity (Wildman–Crippen MR) is 87.8 cm³/mol. The van der Waals surface area contributed by atoms with Crippen molar-refractivity contribution in [3.63, 3.8) is 0 Å². The van der Waals surface area contributed by atoms with Gasteiger partial charge in [0.15, 0.2) is 0 Å². The van der Waals surface area contributed by atoms with Crippen molar-refractivity contribution in [3.8, 4) is 0 Å². The van der Waals surface area contributed by atoms with Crippen LogP contribution >= 0.6 is 28.3 Å². The highest BCUT2D eigenvalue weighted by Gasteiger charge is 2.12. The fourth-order valence-electron chi connectivity index (χ4n) is 2.21. The van der Waals surface area contributed by atoms with Gasteiger partial charge in [-0.15, -0.1) is 12.4 Å². The van der Waals surface area contributed by atoms with Gasteiger partial charge in [-0.3, -0.25) is 9.69 Å². The second kappa shape index (κ2) is 8.62. The largest absolute Gasteiger partial charge is 0.351 e. The molecule has 1 aliphatic heterocycles. The molecule has 4 nitrogen and oxygen atoms in total. The van der Waals surface area contributed by atoms with Gasteiger partial charge >= 0.3 is 0 Å². The summed E-state index contributed by atoms with van der Waals surface area (Å²) in [6.07, 6.45) is 0. The number of benzene rings is 1. The molecule has 6 heteroatoms. The van der Waals surface area contributed by atoms with Crippen LogP contribution in [0.3, 0.4) is 0 Å². The number of nitrogens with one attached hydrogen (secondary N) is 2. The van der Waals surface area contributed by atoms with Gasteiger partial charge in [-0.05, 0) is 24.6 Å². The number of carbonyl (C=O) groups is 1. The van der Waals surface area contributed by atoms with Gasteiger partial charge in [0.1, 0.15) is 0 Å². The summed E-state index contributed by atoms with van der Waals surface area (Å²) in [6.45, 7) is 7.77. The lowest BCUT2D eigenvalue weighted by molar-refractivity contribution is 0.0946. The second-order valence-corrected chi connectivity index (χ2v) is 5.61. The number of rotatable bonds is 4. The van der Waals surface area contributed by atoms with Gasteiger partial charge in [0, 0.05) is 49.3 Å². The molecule has 2 N–H and O–H groups in total. The Bertz CT molecular complexity index is 450. The van der Waals surface area contributed by atoms with E-state index in [0.29, 0.717) is 6.54 Å². The first kappa shape index (κ1) is 17.4. The maximum atomic E-state index is 12.1. The van der Waals surface area contributed by atoms with Crippen molar-refractivity contribution < 1.29 is 4.79 Å². The molecule has 1 fully saturated rings. The van der Waals surface area contributed by atoms with E-state index < -0.39 is 0 Å². The van der Waals surface area contributed by atoms with Crippen LogP contribution in [0.1, 0.15) is 15.9 Å². The number of piperazine rings is 1. The van der Waals surface area contributed by atoms with Gasteiger partial charge in [-0.1, -0.05) is 22.0 Å². The van der Waals surface area contributed by atoms with Crippen LogP contribution in [-0.2, 0) is 0 Å². The molecule has 2 rings (SSSR count). The maximum Gasteiger partial charge on any atom is 0.251 e. The molecular formula is C14H21BrClN3O. The van der Waals surface area contributed by atoms with E-state index in [0.717, 1.165) is 48.3 Å². The minimum atomic E-state index is 0. The molecule has 0 atom stereocenters. The van der Waals surface area contributed by atoms with Gasteiger partial charge < -0.3 is 10.6 Å². The Morgan fingerprint density at radius 1 is 1.40 bits per heavy atom. The summed E-state index contributed by atoms with van der Waals surface area (Å²) in [4.78, 5) is 14.5. The van der Waals surface area contributed by atoms with Crippen LogP contribution < -0.4 is 10.6 Å². The molecule has 0 bridgehead atoms. The summed E-state index contributed by atoms with van der Waals surface area (Å²) in [5, 5.41) is 6.31. The van der Waals surface area contributed by atoms with Crippen molar-refractivity contribution >= 4 is 34.2 Å². The van der Waals surface area contributed by atoms with Crippen LogP contribution in [0.2, 0.25) is 0 Å². The molecular weight excluding hydrogens is 342 g/mol. The fourth-order valence-corrected chi connectivity index (χ4v) is 2.58. The zero-order valence-corrected chi connectivity index (χ0v) is 14.0. The second-order valence-electron chi connectivity index (χ2n) is 4.76. The molecule has 0 spiro atoms. The number of hydrogen-bond acceptors (Lipinski definition) is 3. The lowest BCUT2D eigenvalue weighted by Gasteiger charge is -2.27. The first-order valence-electron chi connectivity index (χ1n) is 6.65. The Labute approximate surface area is 134 Å². The molecule has 0 aliphatic carbocycles. The summed E-state index contributed by atoms with van der Waals surface area (Å²) in [7, 11) is 0. The molecule has 112 valence electrons. The Hall–Kier alpha value is -0.620. The van der Waals surface area contributed by atoms with E-state index in [4.69, 9.17) is 0 Å².